The maximum atomic E-state index is 11.1. The van der Waals surface area contributed by atoms with Crippen molar-refractivity contribution in [2.45, 2.75) is 19.4 Å². The highest BCUT2D eigenvalue weighted by molar-refractivity contribution is 5.69. The van der Waals surface area contributed by atoms with Crippen LogP contribution in [0.2, 0.25) is 0 Å². The highest BCUT2D eigenvalue weighted by Crippen LogP contribution is 2.16. The van der Waals surface area contributed by atoms with Crippen LogP contribution < -0.4 is 10.1 Å². The van der Waals surface area contributed by atoms with Gasteiger partial charge in [-0.25, -0.2) is 0 Å². The minimum absolute atomic E-state index is 0.0745. The van der Waals surface area contributed by atoms with Crippen molar-refractivity contribution in [3.05, 3.63) is 29.8 Å². The van der Waals surface area contributed by atoms with Gasteiger partial charge in [0.15, 0.2) is 0 Å². The van der Waals surface area contributed by atoms with Crippen molar-refractivity contribution >= 4 is 5.97 Å². The van der Waals surface area contributed by atoms with Crippen LogP contribution in [0.25, 0.3) is 0 Å². The standard InChI is InChI=1S/C15H20N2O4/c1-2-20-15(19)7-8-17-10-13(18)11-21-14-6-4-3-5-12(14)9-16/h3-6,13,17-18H,2,7-8,10-11H2,1H3. The van der Waals surface area contributed by atoms with Crippen molar-refractivity contribution in [1.82, 2.24) is 5.32 Å². The van der Waals surface area contributed by atoms with Crippen LogP contribution in [0.15, 0.2) is 24.3 Å². The summed E-state index contributed by atoms with van der Waals surface area (Å²) in [5.74, 6) is 0.185. The third kappa shape index (κ3) is 6.75. The van der Waals surface area contributed by atoms with Crippen LogP contribution in [0, 0.1) is 11.3 Å². The van der Waals surface area contributed by atoms with Gasteiger partial charge in [0.05, 0.1) is 18.6 Å². The molecule has 1 unspecified atom stereocenters. The van der Waals surface area contributed by atoms with Gasteiger partial charge in [0.1, 0.15) is 24.5 Å². The van der Waals surface area contributed by atoms with Gasteiger partial charge in [-0.05, 0) is 19.1 Å². The van der Waals surface area contributed by atoms with Gasteiger partial charge in [-0.3, -0.25) is 4.79 Å². The normalized spacial score (nSPS) is 11.5. The van der Waals surface area contributed by atoms with E-state index in [1.165, 1.54) is 0 Å². The molecule has 0 heterocycles. The zero-order valence-electron chi connectivity index (χ0n) is 12.0. The Morgan fingerprint density at radius 3 is 2.95 bits per heavy atom. The predicted molar refractivity (Wildman–Crippen MR) is 76.8 cm³/mol. The first-order valence-corrected chi connectivity index (χ1v) is 6.83. The topological polar surface area (TPSA) is 91.6 Å². The lowest BCUT2D eigenvalue weighted by molar-refractivity contribution is -0.143. The van der Waals surface area contributed by atoms with Crippen LogP contribution in [0.4, 0.5) is 0 Å². The van der Waals surface area contributed by atoms with E-state index in [0.717, 1.165) is 0 Å². The molecule has 0 aliphatic carbocycles. The van der Waals surface area contributed by atoms with E-state index in [1.54, 1.807) is 31.2 Å². The maximum absolute atomic E-state index is 11.1. The summed E-state index contributed by atoms with van der Waals surface area (Å²) in [4.78, 5) is 11.1. The van der Waals surface area contributed by atoms with Crippen molar-refractivity contribution < 1.29 is 19.4 Å². The first-order valence-electron chi connectivity index (χ1n) is 6.83. The number of para-hydroxylation sites is 1. The molecule has 114 valence electrons. The molecule has 1 aromatic carbocycles. The van der Waals surface area contributed by atoms with Crippen molar-refractivity contribution in [2.75, 3.05) is 26.3 Å². The van der Waals surface area contributed by atoms with Gasteiger partial charge in [-0.1, -0.05) is 12.1 Å². The number of nitrogens with zero attached hydrogens (tertiary/aromatic N) is 1. The van der Waals surface area contributed by atoms with Gasteiger partial charge >= 0.3 is 5.97 Å². The van der Waals surface area contributed by atoms with E-state index < -0.39 is 6.10 Å². The van der Waals surface area contributed by atoms with E-state index in [-0.39, 0.29) is 19.0 Å². The number of carbonyl (C=O) groups excluding carboxylic acids is 1. The third-order valence-electron chi connectivity index (χ3n) is 2.63. The molecule has 21 heavy (non-hydrogen) atoms. The smallest absolute Gasteiger partial charge is 0.307 e. The molecule has 6 nitrogen and oxygen atoms in total. The number of aliphatic hydroxyl groups excluding tert-OH is 1. The minimum Gasteiger partial charge on any atom is -0.489 e. The lowest BCUT2D eigenvalue weighted by Crippen LogP contribution is -2.32. The molecule has 0 fully saturated rings. The van der Waals surface area contributed by atoms with E-state index >= 15 is 0 Å². The Morgan fingerprint density at radius 2 is 2.24 bits per heavy atom. The fourth-order valence-electron chi connectivity index (χ4n) is 1.62. The minimum atomic E-state index is -0.723. The number of hydrogen-bond acceptors (Lipinski definition) is 6. The van der Waals surface area contributed by atoms with Crippen LogP contribution in [0.5, 0.6) is 5.75 Å². The van der Waals surface area contributed by atoms with Crippen molar-refractivity contribution in [3.63, 3.8) is 0 Å². The van der Waals surface area contributed by atoms with Crippen molar-refractivity contribution in [3.8, 4) is 11.8 Å². The molecule has 0 aliphatic heterocycles. The molecule has 6 heteroatoms. The Labute approximate surface area is 124 Å². The second kappa shape index (κ2) is 9.75. The van der Waals surface area contributed by atoms with E-state index in [2.05, 4.69) is 5.32 Å². The molecule has 0 saturated carbocycles. The van der Waals surface area contributed by atoms with Gasteiger partial charge in [0, 0.05) is 13.1 Å². The van der Waals surface area contributed by atoms with Gasteiger partial charge in [0.25, 0.3) is 0 Å². The summed E-state index contributed by atoms with van der Waals surface area (Å²) in [5.41, 5.74) is 0.431. The predicted octanol–water partition coefficient (Wildman–Crippen LogP) is 0.841. The number of carbonyl (C=O) groups is 1. The van der Waals surface area contributed by atoms with Crippen LogP contribution in [-0.4, -0.2) is 43.5 Å². The summed E-state index contributed by atoms with van der Waals surface area (Å²) < 4.78 is 10.2. The average molecular weight is 292 g/mol. The maximum Gasteiger partial charge on any atom is 0.307 e. The van der Waals surface area contributed by atoms with Crippen LogP contribution in [0.1, 0.15) is 18.9 Å². The molecule has 2 N–H and O–H groups in total. The van der Waals surface area contributed by atoms with E-state index in [0.29, 0.717) is 31.0 Å². The zero-order valence-corrected chi connectivity index (χ0v) is 12.0. The SMILES string of the molecule is CCOC(=O)CCNCC(O)COc1ccccc1C#N. The van der Waals surface area contributed by atoms with Crippen molar-refractivity contribution in [1.29, 1.82) is 5.26 Å². The monoisotopic (exact) mass is 292 g/mol. The lowest BCUT2D eigenvalue weighted by Gasteiger charge is -2.13. The summed E-state index contributed by atoms with van der Waals surface area (Å²) in [6.45, 7) is 2.93. The van der Waals surface area contributed by atoms with E-state index in [4.69, 9.17) is 14.7 Å². The highest BCUT2D eigenvalue weighted by Gasteiger charge is 2.08. The molecule has 0 amide bonds. The van der Waals surface area contributed by atoms with Crippen LogP contribution in [0.3, 0.4) is 0 Å². The molecular formula is C15H20N2O4. The van der Waals surface area contributed by atoms with E-state index in [9.17, 15) is 9.90 Å². The molecule has 1 rings (SSSR count). The molecule has 1 aromatic rings. The number of nitrogens with one attached hydrogen (secondary N) is 1. The molecule has 0 radical (unpaired) electrons. The molecule has 1 atom stereocenters. The Bertz CT molecular complexity index is 485. The average Bonchev–Trinajstić information content (AvgIpc) is 2.50. The number of ether oxygens (including phenoxy) is 2. The fraction of sp³-hybridized carbons (Fsp3) is 0.467. The molecule has 0 spiro atoms. The molecule has 0 aromatic heterocycles. The number of benzene rings is 1. The zero-order chi connectivity index (χ0) is 15.5. The molecule has 0 saturated heterocycles. The second-order valence-electron chi connectivity index (χ2n) is 4.33. The summed E-state index contributed by atoms with van der Waals surface area (Å²) in [6, 6.07) is 8.87. The first kappa shape index (κ1) is 17.0. The van der Waals surface area contributed by atoms with Crippen LogP contribution in [-0.2, 0) is 9.53 Å². The summed E-state index contributed by atoms with van der Waals surface area (Å²) in [7, 11) is 0. The number of aliphatic hydroxyl groups is 1. The number of esters is 1. The molecule has 0 aliphatic rings. The van der Waals surface area contributed by atoms with Crippen LogP contribution >= 0.6 is 0 Å². The Kier molecular flexibility index (Phi) is 7.87. The largest absolute Gasteiger partial charge is 0.489 e. The van der Waals surface area contributed by atoms with Crippen molar-refractivity contribution in [2.24, 2.45) is 0 Å². The second-order valence-corrected chi connectivity index (χ2v) is 4.33. The van der Waals surface area contributed by atoms with Gasteiger partial charge in [-0.2, -0.15) is 5.26 Å². The summed E-state index contributed by atoms with van der Waals surface area (Å²) >= 11 is 0. The van der Waals surface area contributed by atoms with Gasteiger partial charge in [0.2, 0.25) is 0 Å². The van der Waals surface area contributed by atoms with E-state index in [1.807, 2.05) is 6.07 Å². The summed E-state index contributed by atoms with van der Waals surface area (Å²) in [5, 5.41) is 21.6. The molecule has 0 bridgehead atoms. The quantitative estimate of drug-likeness (QED) is 0.517. The number of hydrogen-bond donors (Lipinski definition) is 2. The first-order chi connectivity index (χ1) is 10.2. The highest BCUT2D eigenvalue weighted by atomic mass is 16.5. The number of nitriles is 1. The third-order valence-corrected chi connectivity index (χ3v) is 2.63. The number of rotatable bonds is 9. The fourth-order valence-corrected chi connectivity index (χ4v) is 1.62. The lowest BCUT2D eigenvalue weighted by atomic mass is 10.2. The summed E-state index contributed by atoms with van der Waals surface area (Å²) in [6.07, 6.45) is -0.461. The Balaban J connectivity index is 2.21. The van der Waals surface area contributed by atoms with Gasteiger partial charge < -0.3 is 19.9 Å². The Morgan fingerprint density at radius 1 is 1.48 bits per heavy atom. The Hall–Kier alpha value is -2.10. The van der Waals surface area contributed by atoms with Gasteiger partial charge in [-0.15, -0.1) is 0 Å². The molecular weight excluding hydrogens is 272 g/mol.